The van der Waals surface area contributed by atoms with Gasteiger partial charge in [0.15, 0.2) is 4.34 Å². The third-order valence-corrected chi connectivity index (χ3v) is 6.68. The lowest BCUT2D eigenvalue weighted by Gasteiger charge is -2.03. The lowest BCUT2D eigenvalue weighted by atomic mass is 10.1. The zero-order valence-electron chi connectivity index (χ0n) is 12.9. The Bertz CT molecular complexity index is 1120. The smallest absolute Gasteiger partial charge is 0.260 e. The minimum absolute atomic E-state index is 0.148. The first-order chi connectivity index (χ1) is 12.1. The lowest BCUT2D eigenvalue weighted by Crippen LogP contribution is -2.10. The SMILES string of the molecule is Cc1nnc(SCc2nc3scc(-c4ccccc4Cl)c3c(=O)[nH]2)s1. The first-order valence-electron chi connectivity index (χ1n) is 7.30. The summed E-state index contributed by atoms with van der Waals surface area (Å²) in [4.78, 5) is 20.8. The standard InChI is InChI=1S/C16H11ClN4OS3/c1-8-20-21-16(25-8)24-7-12-18-14(22)13-10(6-23-15(13)19-12)9-4-2-3-5-11(9)17/h2-6H,7H2,1H3,(H,18,19,22). The Labute approximate surface area is 160 Å². The van der Waals surface area contributed by atoms with E-state index in [1.54, 1.807) is 0 Å². The molecule has 0 saturated carbocycles. The number of aromatic amines is 1. The Hall–Kier alpha value is -1.74. The highest BCUT2D eigenvalue weighted by atomic mass is 35.5. The fraction of sp³-hybridized carbons (Fsp3) is 0.125. The van der Waals surface area contributed by atoms with Crippen LogP contribution in [-0.2, 0) is 5.75 Å². The van der Waals surface area contributed by atoms with Crippen molar-refractivity contribution in [1.29, 1.82) is 0 Å². The average Bonchev–Trinajstić information content (AvgIpc) is 3.20. The molecule has 4 aromatic rings. The second-order valence-corrected chi connectivity index (χ2v) is 8.87. The lowest BCUT2D eigenvalue weighted by molar-refractivity contribution is 0.979. The molecule has 0 saturated heterocycles. The number of aromatic nitrogens is 4. The zero-order valence-corrected chi connectivity index (χ0v) is 16.2. The van der Waals surface area contributed by atoms with Crippen LogP contribution in [0.25, 0.3) is 21.3 Å². The highest BCUT2D eigenvalue weighted by Crippen LogP contribution is 2.35. The number of nitrogens with one attached hydrogen (secondary N) is 1. The number of hydrogen-bond donors (Lipinski definition) is 1. The van der Waals surface area contributed by atoms with Crippen molar-refractivity contribution in [1.82, 2.24) is 20.2 Å². The summed E-state index contributed by atoms with van der Waals surface area (Å²) >= 11 is 10.8. The summed E-state index contributed by atoms with van der Waals surface area (Å²) in [5.74, 6) is 1.17. The molecule has 5 nitrogen and oxygen atoms in total. The van der Waals surface area contributed by atoms with E-state index in [9.17, 15) is 4.79 Å². The molecule has 25 heavy (non-hydrogen) atoms. The molecule has 0 atom stereocenters. The van der Waals surface area contributed by atoms with E-state index in [1.165, 1.54) is 34.4 Å². The minimum Gasteiger partial charge on any atom is -0.309 e. The molecular weight excluding hydrogens is 396 g/mol. The molecule has 0 spiro atoms. The van der Waals surface area contributed by atoms with Crippen LogP contribution in [0.4, 0.5) is 0 Å². The molecule has 0 radical (unpaired) electrons. The molecule has 0 unspecified atom stereocenters. The van der Waals surface area contributed by atoms with Crippen LogP contribution in [0.2, 0.25) is 5.02 Å². The number of hydrogen-bond acceptors (Lipinski definition) is 7. The van der Waals surface area contributed by atoms with E-state index in [4.69, 9.17) is 11.6 Å². The number of nitrogens with zero attached hydrogens (tertiary/aromatic N) is 3. The maximum atomic E-state index is 12.6. The largest absolute Gasteiger partial charge is 0.309 e. The van der Waals surface area contributed by atoms with Crippen LogP contribution in [-0.4, -0.2) is 20.2 Å². The maximum absolute atomic E-state index is 12.6. The Kier molecular flexibility index (Phi) is 4.60. The van der Waals surface area contributed by atoms with Crippen LogP contribution < -0.4 is 5.56 Å². The van der Waals surface area contributed by atoms with Crippen LogP contribution in [0.3, 0.4) is 0 Å². The predicted octanol–water partition coefficient (Wildman–Crippen LogP) is 4.76. The number of aryl methyl sites for hydroxylation is 1. The molecule has 126 valence electrons. The fourth-order valence-electron chi connectivity index (χ4n) is 2.41. The number of benzene rings is 1. The van der Waals surface area contributed by atoms with Gasteiger partial charge in [-0.1, -0.05) is 52.9 Å². The van der Waals surface area contributed by atoms with Crippen LogP contribution in [0.1, 0.15) is 10.8 Å². The summed E-state index contributed by atoms with van der Waals surface area (Å²) in [6.07, 6.45) is 0. The van der Waals surface area contributed by atoms with Crippen LogP contribution in [0, 0.1) is 6.92 Å². The second-order valence-electron chi connectivity index (χ2n) is 5.20. The van der Waals surface area contributed by atoms with Crippen molar-refractivity contribution in [2.24, 2.45) is 0 Å². The van der Waals surface area contributed by atoms with Gasteiger partial charge >= 0.3 is 0 Å². The molecule has 0 aliphatic heterocycles. The molecule has 1 aromatic carbocycles. The van der Waals surface area contributed by atoms with Gasteiger partial charge in [0, 0.05) is 21.5 Å². The summed E-state index contributed by atoms with van der Waals surface area (Å²) < 4.78 is 0.864. The number of thiophene rings is 1. The molecule has 3 heterocycles. The molecule has 1 N–H and O–H groups in total. The van der Waals surface area contributed by atoms with E-state index in [2.05, 4.69) is 20.2 Å². The summed E-state index contributed by atoms with van der Waals surface area (Å²) in [6.45, 7) is 1.91. The third-order valence-electron chi connectivity index (χ3n) is 3.50. The quantitative estimate of drug-likeness (QED) is 0.495. The van der Waals surface area contributed by atoms with Crippen molar-refractivity contribution < 1.29 is 0 Å². The Morgan fingerprint density at radius 2 is 2.08 bits per heavy atom. The number of halogens is 1. The van der Waals surface area contributed by atoms with Gasteiger partial charge < -0.3 is 4.98 Å². The van der Waals surface area contributed by atoms with Crippen LogP contribution >= 0.6 is 46.0 Å². The Balaban J connectivity index is 1.70. The van der Waals surface area contributed by atoms with Gasteiger partial charge in [-0.05, 0) is 13.0 Å². The number of rotatable bonds is 4. The van der Waals surface area contributed by atoms with Crippen molar-refractivity contribution in [3.8, 4) is 11.1 Å². The van der Waals surface area contributed by atoms with Crippen molar-refractivity contribution in [3.05, 3.63) is 55.9 Å². The highest BCUT2D eigenvalue weighted by Gasteiger charge is 2.15. The first kappa shape index (κ1) is 16.7. The maximum Gasteiger partial charge on any atom is 0.260 e. The van der Waals surface area contributed by atoms with Gasteiger partial charge in [-0.3, -0.25) is 4.79 Å². The van der Waals surface area contributed by atoms with E-state index in [1.807, 2.05) is 36.6 Å². The van der Waals surface area contributed by atoms with Gasteiger partial charge in [0.1, 0.15) is 15.7 Å². The predicted molar refractivity (Wildman–Crippen MR) is 105 cm³/mol. The van der Waals surface area contributed by atoms with E-state index >= 15 is 0 Å². The summed E-state index contributed by atoms with van der Waals surface area (Å²) in [6, 6.07) is 7.50. The Morgan fingerprint density at radius 1 is 1.24 bits per heavy atom. The van der Waals surface area contributed by atoms with Crippen molar-refractivity contribution in [3.63, 3.8) is 0 Å². The van der Waals surface area contributed by atoms with E-state index in [0.717, 1.165) is 20.5 Å². The molecule has 4 rings (SSSR count). The summed E-state index contributed by atoms with van der Waals surface area (Å²) in [5.41, 5.74) is 1.51. The van der Waals surface area contributed by atoms with Gasteiger partial charge in [-0.2, -0.15) is 0 Å². The topological polar surface area (TPSA) is 71.5 Å². The van der Waals surface area contributed by atoms with E-state index < -0.39 is 0 Å². The van der Waals surface area contributed by atoms with Gasteiger partial charge in [-0.15, -0.1) is 21.5 Å². The zero-order chi connectivity index (χ0) is 17.4. The van der Waals surface area contributed by atoms with E-state index in [0.29, 0.717) is 26.8 Å². The molecule has 0 aliphatic rings. The fourth-order valence-corrected chi connectivity index (χ4v) is 5.29. The molecule has 3 aromatic heterocycles. The van der Waals surface area contributed by atoms with Crippen LogP contribution in [0.5, 0.6) is 0 Å². The second kappa shape index (κ2) is 6.87. The third kappa shape index (κ3) is 3.35. The summed E-state index contributed by atoms with van der Waals surface area (Å²) in [7, 11) is 0. The van der Waals surface area contributed by atoms with E-state index in [-0.39, 0.29) is 5.56 Å². The number of fused-ring (bicyclic) bond motifs is 1. The molecule has 0 fully saturated rings. The molecule has 0 bridgehead atoms. The van der Waals surface area contributed by atoms with Crippen LogP contribution in [0.15, 0.2) is 38.8 Å². The summed E-state index contributed by atoms with van der Waals surface area (Å²) in [5, 5.41) is 12.1. The van der Waals surface area contributed by atoms with Crippen molar-refractivity contribution in [2.75, 3.05) is 0 Å². The van der Waals surface area contributed by atoms with Gasteiger partial charge in [-0.25, -0.2) is 4.98 Å². The average molecular weight is 407 g/mol. The number of thioether (sulfide) groups is 1. The minimum atomic E-state index is -0.148. The molecule has 0 aliphatic carbocycles. The van der Waals surface area contributed by atoms with Gasteiger partial charge in [0.2, 0.25) is 0 Å². The van der Waals surface area contributed by atoms with Crippen molar-refractivity contribution >= 4 is 56.3 Å². The van der Waals surface area contributed by atoms with Gasteiger partial charge in [0.25, 0.3) is 5.56 Å². The first-order valence-corrected chi connectivity index (χ1v) is 10.4. The van der Waals surface area contributed by atoms with Gasteiger partial charge in [0.05, 0.1) is 11.1 Å². The monoisotopic (exact) mass is 406 g/mol. The highest BCUT2D eigenvalue weighted by molar-refractivity contribution is 8.00. The molecule has 9 heteroatoms. The van der Waals surface area contributed by atoms with Crippen molar-refractivity contribution in [2.45, 2.75) is 17.0 Å². The number of H-pyrrole nitrogens is 1. The normalized spacial score (nSPS) is 11.3. The Morgan fingerprint density at radius 3 is 2.84 bits per heavy atom. The molecular formula is C16H11ClN4OS3. The molecule has 0 amide bonds.